The molecule has 1 aliphatic heterocycles. The minimum absolute atomic E-state index is 1.06. The van der Waals surface area contributed by atoms with Crippen molar-refractivity contribution in [1.82, 2.24) is 0 Å². The Morgan fingerprint density at radius 2 is 2.08 bits per heavy atom. The molecular weight excluding hydrogens is 160 g/mol. The molecule has 0 aromatic heterocycles. The van der Waals surface area contributed by atoms with Gasteiger partial charge in [0, 0.05) is 25.7 Å². The predicted octanol–water partition coefficient (Wildman–Crippen LogP) is 2.62. The van der Waals surface area contributed by atoms with Crippen LogP contribution in [0, 0.1) is 0 Å². The SMILES string of the molecule is CC1=Nc2ccccc2N(C)CC1. The van der Waals surface area contributed by atoms with Crippen molar-refractivity contribution in [2.24, 2.45) is 4.99 Å². The molecule has 0 fully saturated rings. The van der Waals surface area contributed by atoms with Crippen LogP contribution in [0.25, 0.3) is 0 Å². The third-order valence-electron chi connectivity index (χ3n) is 2.41. The minimum atomic E-state index is 1.06. The molecule has 1 heterocycles. The number of hydrogen-bond acceptors (Lipinski definition) is 2. The molecule has 1 aromatic carbocycles. The summed E-state index contributed by atoms with van der Waals surface area (Å²) in [6.45, 7) is 3.16. The number of fused-ring (bicyclic) bond motifs is 1. The van der Waals surface area contributed by atoms with Gasteiger partial charge in [-0.1, -0.05) is 12.1 Å². The average Bonchev–Trinajstić information content (AvgIpc) is 2.27. The van der Waals surface area contributed by atoms with E-state index in [9.17, 15) is 0 Å². The van der Waals surface area contributed by atoms with Crippen molar-refractivity contribution in [3.05, 3.63) is 24.3 Å². The second kappa shape index (κ2) is 3.21. The van der Waals surface area contributed by atoms with E-state index >= 15 is 0 Å². The fourth-order valence-corrected chi connectivity index (χ4v) is 1.59. The van der Waals surface area contributed by atoms with Gasteiger partial charge in [-0.25, -0.2) is 0 Å². The van der Waals surface area contributed by atoms with Gasteiger partial charge in [-0.05, 0) is 19.1 Å². The summed E-state index contributed by atoms with van der Waals surface area (Å²) in [6.07, 6.45) is 1.06. The Kier molecular flexibility index (Phi) is 2.05. The lowest BCUT2D eigenvalue weighted by Gasteiger charge is -2.17. The summed E-state index contributed by atoms with van der Waals surface area (Å²) in [5.74, 6) is 0. The van der Waals surface area contributed by atoms with Crippen molar-refractivity contribution in [3.8, 4) is 0 Å². The zero-order valence-electron chi connectivity index (χ0n) is 8.12. The molecule has 0 bridgehead atoms. The zero-order chi connectivity index (χ0) is 9.26. The van der Waals surface area contributed by atoms with Gasteiger partial charge in [0.05, 0.1) is 11.4 Å². The summed E-state index contributed by atoms with van der Waals surface area (Å²) in [4.78, 5) is 6.82. The third kappa shape index (κ3) is 1.57. The first-order chi connectivity index (χ1) is 6.27. The van der Waals surface area contributed by atoms with Crippen molar-refractivity contribution < 1.29 is 0 Å². The Morgan fingerprint density at radius 3 is 2.92 bits per heavy atom. The smallest absolute Gasteiger partial charge is 0.0862 e. The molecule has 0 N–H and O–H groups in total. The van der Waals surface area contributed by atoms with Crippen LogP contribution in [0.1, 0.15) is 13.3 Å². The normalized spacial score (nSPS) is 16.2. The number of rotatable bonds is 0. The average molecular weight is 174 g/mol. The van der Waals surface area contributed by atoms with E-state index in [-0.39, 0.29) is 0 Å². The van der Waals surface area contributed by atoms with Crippen LogP contribution in [0.2, 0.25) is 0 Å². The van der Waals surface area contributed by atoms with Gasteiger partial charge in [0.1, 0.15) is 0 Å². The molecule has 0 unspecified atom stereocenters. The second-order valence-corrected chi connectivity index (χ2v) is 3.51. The van der Waals surface area contributed by atoms with Gasteiger partial charge in [-0.15, -0.1) is 0 Å². The Morgan fingerprint density at radius 1 is 1.31 bits per heavy atom. The molecule has 68 valence electrons. The van der Waals surface area contributed by atoms with E-state index in [4.69, 9.17) is 0 Å². The number of hydrogen-bond donors (Lipinski definition) is 0. The van der Waals surface area contributed by atoms with Crippen LogP contribution in [0.3, 0.4) is 0 Å². The Hall–Kier alpha value is -1.31. The first-order valence-corrected chi connectivity index (χ1v) is 4.62. The maximum Gasteiger partial charge on any atom is 0.0862 e. The summed E-state index contributed by atoms with van der Waals surface area (Å²) in [5, 5.41) is 0. The summed E-state index contributed by atoms with van der Waals surface area (Å²) in [6, 6.07) is 8.29. The topological polar surface area (TPSA) is 15.6 Å². The molecule has 1 aliphatic rings. The molecule has 0 spiro atoms. The maximum absolute atomic E-state index is 4.56. The van der Waals surface area contributed by atoms with E-state index in [0.717, 1.165) is 18.7 Å². The summed E-state index contributed by atoms with van der Waals surface area (Å²) in [5.41, 5.74) is 3.55. The number of benzene rings is 1. The molecule has 13 heavy (non-hydrogen) atoms. The van der Waals surface area contributed by atoms with E-state index in [1.54, 1.807) is 0 Å². The van der Waals surface area contributed by atoms with Crippen LogP contribution in [0.15, 0.2) is 29.3 Å². The van der Waals surface area contributed by atoms with Crippen LogP contribution in [-0.4, -0.2) is 19.3 Å². The second-order valence-electron chi connectivity index (χ2n) is 3.51. The van der Waals surface area contributed by atoms with Gasteiger partial charge in [0.2, 0.25) is 0 Å². The van der Waals surface area contributed by atoms with Gasteiger partial charge >= 0.3 is 0 Å². The van der Waals surface area contributed by atoms with Crippen molar-refractivity contribution in [1.29, 1.82) is 0 Å². The molecule has 0 atom stereocenters. The van der Waals surface area contributed by atoms with Crippen LogP contribution >= 0.6 is 0 Å². The van der Waals surface area contributed by atoms with Gasteiger partial charge in [-0.3, -0.25) is 4.99 Å². The van der Waals surface area contributed by atoms with Gasteiger partial charge in [0.15, 0.2) is 0 Å². The van der Waals surface area contributed by atoms with E-state index in [1.807, 2.05) is 6.07 Å². The Labute approximate surface area is 78.9 Å². The number of aliphatic imine (C=N–C) groups is 1. The van der Waals surface area contributed by atoms with Crippen molar-refractivity contribution >= 4 is 17.1 Å². The molecule has 0 aliphatic carbocycles. The lowest BCUT2D eigenvalue weighted by atomic mass is 10.2. The first kappa shape index (κ1) is 8.30. The van der Waals surface area contributed by atoms with Crippen LogP contribution in [-0.2, 0) is 0 Å². The fraction of sp³-hybridized carbons (Fsp3) is 0.364. The predicted molar refractivity (Wildman–Crippen MR) is 57.1 cm³/mol. The van der Waals surface area contributed by atoms with Crippen LogP contribution in [0.5, 0.6) is 0 Å². The van der Waals surface area contributed by atoms with E-state index in [2.05, 4.69) is 42.1 Å². The highest BCUT2D eigenvalue weighted by atomic mass is 15.1. The first-order valence-electron chi connectivity index (χ1n) is 4.62. The van der Waals surface area contributed by atoms with Crippen molar-refractivity contribution in [2.45, 2.75) is 13.3 Å². The molecule has 2 nitrogen and oxygen atoms in total. The number of nitrogens with zero attached hydrogens (tertiary/aromatic N) is 2. The highest BCUT2D eigenvalue weighted by Crippen LogP contribution is 2.29. The molecule has 0 radical (unpaired) electrons. The number of para-hydroxylation sites is 2. The lowest BCUT2D eigenvalue weighted by Crippen LogP contribution is -2.18. The summed E-state index contributed by atoms with van der Waals surface area (Å²) >= 11 is 0. The maximum atomic E-state index is 4.56. The summed E-state index contributed by atoms with van der Waals surface area (Å²) in [7, 11) is 2.12. The van der Waals surface area contributed by atoms with E-state index < -0.39 is 0 Å². The van der Waals surface area contributed by atoms with E-state index in [1.165, 1.54) is 11.4 Å². The molecule has 0 saturated heterocycles. The van der Waals surface area contributed by atoms with Gasteiger partial charge in [-0.2, -0.15) is 0 Å². The van der Waals surface area contributed by atoms with Crippen LogP contribution < -0.4 is 4.90 Å². The molecule has 0 saturated carbocycles. The summed E-state index contributed by atoms with van der Waals surface area (Å²) < 4.78 is 0. The highest BCUT2D eigenvalue weighted by molar-refractivity contribution is 5.88. The minimum Gasteiger partial charge on any atom is -0.372 e. The highest BCUT2D eigenvalue weighted by Gasteiger charge is 2.10. The monoisotopic (exact) mass is 174 g/mol. The van der Waals surface area contributed by atoms with Crippen LogP contribution in [0.4, 0.5) is 11.4 Å². The van der Waals surface area contributed by atoms with Gasteiger partial charge in [0.25, 0.3) is 0 Å². The standard InChI is InChI=1S/C11H14N2/c1-9-7-8-13(2)11-6-4-3-5-10(11)12-9/h3-6H,7-8H2,1-2H3. The molecule has 1 aromatic rings. The van der Waals surface area contributed by atoms with Crippen molar-refractivity contribution in [2.75, 3.05) is 18.5 Å². The molecule has 2 heteroatoms. The fourth-order valence-electron chi connectivity index (χ4n) is 1.59. The Bertz CT molecular complexity index is 342. The molecular formula is C11H14N2. The zero-order valence-corrected chi connectivity index (χ0v) is 8.12. The third-order valence-corrected chi connectivity index (χ3v) is 2.41. The van der Waals surface area contributed by atoms with Crippen molar-refractivity contribution in [3.63, 3.8) is 0 Å². The largest absolute Gasteiger partial charge is 0.372 e. The lowest BCUT2D eigenvalue weighted by molar-refractivity contribution is 0.928. The Balaban J connectivity index is 2.50. The van der Waals surface area contributed by atoms with Gasteiger partial charge < -0.3 is 4.90 Å². The number of anilines is 1. The molecule has 0 amide bonds. The molecule has 2 rings (SSSR count). The quantitative estimate of drug-likeness (QED) is 0.590. The van der Waals surface area contributed by atoms with E-state index in [0.29, 0.717) is 0 Å².